The fourth-order valence-corrected chi connectivity index (χ4v) is 17.8. The highest BCUT2D eigenvalue weighted by Gasteiger charge is 2.43. The summed E-state index contributed by atoms with van der Waals surface area (Å²) in [4.78, 5) is 0. The van der Waals surface area contributed by atoms with Gasteiger partial charge in [-0.15, -0.1) is 0 Å². The molecule has 0 saturated carbocycles. The Morgan fingerprint density at radius 2 is 0.605 bits per heavy atom. The lowest BCUT2D eigenvalue weighted by molar-refractivity contribution is 1.17. The van der Waals surface area contributed by atoms with Crippen LogP contribution in [0.1, 0.15) is 0 Å². The van der Waals surface area contributed by atoms with Gasteiger partial charge >= 0.3 is 0 Å². The van der Waals surface area contributed by atoms with Crippen LogP contribution in [0.5, 0.6) is 0 Å². The van der Waals surface area contributed by atoms with Crippen molar-refractivity contribution in [3.8, 4) is 39.3 Å². The van der Waals surface area contributed by atoms with Gasteiger partial charge in [0.25, 0.3) is 0 Å². The summed E-state index contributed by atoms with van der Waals surface area (Å²) in [6, 6.07) is 111. The van der Waals surface area contributed by atoms with Gasteiger partial charge in [-0.1, -0.05) is 224 Å². The van der Waals surface area contributed by atoms with Crippen molar-refractivity contribution in [3.05, 3.63) is 297 Å². The van der Waals surface area contributed by atoms with Gasteiger partial charge in [-0.25, -0.2) is 0 Å². The van der Waals surface area contributed by atoms with Crippen LogP contribution in [0.4, 0.5) is 0 Å². The number of fused-ring (bicyclic) bond motifs is 9. The average Bonchev–Trinajstić information content (AvgIpc) is 4.22. The number of para-hydroxylation sites is 4. The van der Waals surface area contributed by atoms with E-state index >= 15 is 0 Å². The number of rotatable bonds is 9. The lowest BCUT2D eigenvalue weighted by atomic mass is 9.99. The molecule has 15 aromatic rings. The molecule has 0 aliphatic rings. The third kappa shape index (κ3) is 6.68. The molecule has 0 fully saturated rings. The van der Waals surface area contributed by atoms with Gasteiger partial charge in [0.15, 0.2) is 8.07 Å². The summed E-state index contributed by atoms with van der Waals surface area (Å²) < 4.78 is 7.49. The molecule has 0 amide bonds. The maximum Gasteiger partial charge on any atom is 0.180 e. The molecule has 4 heteroatoms. The number of benzene rings is 12. The van der Waals surface area contributed by atoms with Crippen molar-refractivity contribution in [2.24, 2.45) is 0 Å². The first-order chi connectivity index (χ1) is 37.7. The lowest BCUT2D eigenvalue weighted by Crippen LogP contribution is -2.74. The first kappa shape index (κ1) is 43.8. The van der Waals surface area contributed by atoms with Crippen LogP contribution in [0.3, 0.4) is 0 Å². The Labute approximate surface area is 442 Å². The summed E-state index contributed by atoms with van der Waals surface area (Å²) in [6.45, 7) is 0. The molecule has 0 spiro atoms. The highest BCUT2D eigenvalue weighted by atomic mass is 28.3. The van der Waals surface area contributed by atoms with Crippen LogP contribution < -0.4 is 20.7 Å². The maximum atomic E-state index is 2.56. The highest BCUT2D eigenvalue weighted by molar-refractivity contribution is 7.20. The van der Waals surface area contributed by atoms with Crippen LogP contribution in [-0.2, 0) is 0 Å². The molecule has 12 aromatic carbocycles. The summed E-state index contributed by atoms with van der Waals surface area (Å²) in [7, 11) is -3.17. The van der Waals surface area contributed by atoms with Crippen molar-refractivity contribution in [2.45, 2.75) is 0 Å². The molecule has 0 bridgehead atoms. The number of hydrogen-bond donors (Lipinski definition) is 0. The summed E-state index contributed by atoms with van der Waals surface area (Å²) in [5, 5.41) is 12.8. The van der Waals surface area contributed by atoms with Crippen molar-refractivity contribution >= 4 is 94.2 Å². The van der Waals surface area contributed by atoms with E-state index in [1.807, 2.05) is 0 Å². The third-order valence-electron chi connectivity index (χ3n) is 16.0. The number of aromatic nitrogens is 3. The van der Waals surface area contributed by atoms with Crippen molar-refractivity contribution < 1.29 is 0 Å². The van der Waals surface area contributed by atoms with Crippen LogP contribution in [-0.4, -0.2) is 21.8 Å². The second kappa shape index (κ2) is 17.7. The van der Waals surface area contributed by atoms with E-state index in [1.165, 1.54) is 103 Å². The van der Waals surface area contributed by atoms with E-state index in [1.54, 1.807) is 0 Å². The summed E-state index contributed by atoms with van der Waals surface area (Å²) in [6.07, 6.45) is 0. The van der Waals surface area contributed by atoms with E-state index in [2.05, 4.69) is 311 Å². The highest BCUT2D eigenvalue weighted by Crippen LogP contribution is 2.41. The standard InChI is InChI=1S/C72H49N3Si/c1-4-23-50(24-5-1)51-25-18-26-52(47-51)53-27-19-28-54(48-53)74-65-41-16-12-37-61(65)71-67(74)43-21-44-68(71)75-66-42-17-13-38-62(66)72-69(75)45-22-46-70(72)76(56-30-6-2-7-31-56,57-32-8-3-9-33-57)58-34-20-29-55(49-58)73-63-39-14-10-35-59(63)60-36-11-15-40-64(60)73/h1-49H. The van der Waals surface area contributed by atoms with Crippen LogP contribution in [0.15, 0.2) is 297 Å². The Morgan fingerprint density at radius 1 is 0.224 bits per heavy atom. The van der Waals surface area contributed by atoms with Crippen molar-refractivity contribution in [1.29, 1.82) is 0 Å². The fourth-order valence-electron chi connectivity index (χ4n) is 12.8. The van der Waals surface area contributed by atoms with Gasteiger partial charge in [-0.2, -0.15) is 0 Å². The Bertz CT molecular complexity index is 4610. The molecular weight excluding hydrogens is 935 g/mol. The van der Waals surface area contributed by atoms with Crippen LogP contribution in [0, 0.1) is 0 Å². The third-order valence-corrected chi connectivity index (χ3v) is 20.8. The molecule has 0 radical (unpaired) electrons. The first-order valence-electron chi connectivity index (χ1n) is 26.3. The topological polar surface area (TPSA) is 14.8 Å². The van der Waals surface area contributed by atoms with Crippen LogP contribution in [0.2, 0.25) is 0 Å². The summed E-state index contributed by atoms with van der Waals surface area (Å²) >= 11 is 0. The molecular formula is C72H49N3Si. The smallest absolute Gasteiger partial charge is 0.180 e. The molecule has 356 valence electrons. The Morgan fingerprint density at radius 3 is 1.24 bits per heavy atom. The largest absolute Gasteiger partial charge is 0.309 e. The predicted octanol–water partition coefficient (Wildman–Crippen LogP) is 15.7. The quantitative estimate of drug-likeness (QED) is 0.101. The maximum absolute atomic E-state index is 3.17. The fraction of sp³-hybridized carbons (Fsp3) is 0. The first-order valence-corrected chi connectivity index (χ1v) is 28.3. The van der Waals surface area contributed by atoms with E-state index in [9.17, 15) is 0 Å². The van der Waals surface area contributed by atoms with E-state index < -0.39 is 8.07 Å². The second-order valence-corrected chi connectivity index (χ2v) is 23.7. The summed E-state index contributed by atoms with van der Waals surface area (Å²) in [5.74, 6) is 0. The van der Waals surface area contributed by atoms with E-state index in [0.717, 1.165) is 22.6 Å². The van der Waals surface area contributed by atoms with Crippen molar-refractivity contribution in [2.75, 3.05) is 0 Å². The van der Waals surface area contributed by atoms with Gasteiger partial charge < -0.3 is 13.7 Å². The summed E-state index contributed by atoms with van der Waals surface area (Å²) in [5.41, 5.74) is 15.3. The SMILES string of the molecule is c1ccc(-c2cccc(-c3cccc(-n4c5ccccc5c5c(-n6c7ccccc7c7c([Si](c8ccccc8)(c8ccccc8)c8cccc(-n9c%10ccccc%10c%10ccccc%109)c8)cccc76)cccc54)c3)c2)cc1. The van der Waals surface area contributed by atoms with Crippen LogP contribution >= 0.6 is 0 Å². The van der Waals surface area contributed by atoms with Crippen molar-refractivity contribution in [3.63, 3.8) is 0 Å². The second-order valence-electron chi connectivity index (χ2n) is 20.0. The van der Waals surface area contributed by atoms with Gasteiger partial charge in [-0.3, -0.25) is 0 Å². The molecule has 0 aliphatic carbocycles. The molecule has 3 aromatic heterocycles. The average molecular weight is 984 g/mol. The van der Waals surface area contributed by atoms with E-state index in [4.69, 9.17) is 0 Å². The molecule has 0 unspecified atom stereocenters. The minimum atomic E-state index is -3.17. The molecule has 3 heterocycles. The van der Waals surface area contributed by atoms with E-state index in [0.29, 0.717) is 0 Å². The Kier molecular flexibility index (Phi) is 10.2. The molecule has 76 heavy (non-hydrogen) atoms. The van der Waals surface area contributed by atoms with E-state index in [-0.39, 0.29) is 0 Å². The molecule has 15 rings (SSSR count). The van der Waals surface area contributed by atoms with Crippen molar-refractivity contribution in [1.82, 2.24) is 13.7 Å². The van der Waals surface area contributed by atoms with Gasteiger partial charge in [0.2, 0.25) is 0 Å². The Hall–Kier alpha value is -9.74. The zero-order valence-corrected chi connectivity index (χ0v) is 42.6. The molecule has 0 aliphatic heterocycles. The van der Waals surface area contributed by atoms with Gasteiger partial charge in [0, 0.05) is 43.7 Å². The van der Waals surface area contributed by atoms with Gasteiger partial charge in [-0.05, 0) is 116 Å². The van der Waals surface area contributed by atoms with Gasteiger partial charge in [0.1, 0.15) is 0 Å². The molecule has 0 N–H and O–H groups in total. The number of hydrogen-bond acceptors (Lipinski definition) is 0. The monoisotopic (exact) mass is 983 g/mol. The Balaban J connectivity index is 0.984. The molecule has 0 atom stereocenters. The predicted molar refractivity (Wildman–Crippen MR) is 324 cm³/mol. The minimum absolute atomic E-state index is 1.13. The number of nitrogens with zero attached hydrogens (tertiary/aromatic N) is 3. The van der Waals surface area contributed by atoms with Gasteiger partial charge in [0.05, 0.1) is 38.8 Å². The normalized spacial score (nSPS) is 11.9. The molecule has 0 saturated heterocycles. The lowest BCUT2D eigenvalue weighted by Gasteiger charge is -2.35. The minimum Gasteiger partial charge on any atom is -0.309 e. The zero-order valence-electron chi connectivity index (χ0n) is 41.6. The molecule has 3 nitrogen and oxygen atoms in total. The van der Waals surface area contributed by atoms with Crippen LogP contribution in [0.25, 0.3) is 105 Å². The zero-order chi connectivity index (χ0) is 50.2.